The van der Waals surface area contributed by atoms with Crippen LogP contribution in [0.1, 0.15) is 15.9 Å². The van der Waals surface area contributed by atoms with Gasteiger partial charge < -0.3 is 19.8 Å². The smallest absolute Gasteiger partial charge is 0.251 e. The number of methoxy groups -OCH3 is 2. The lowest BCUT2D eigenvalue weighted by atomic mass is 10.1. The Morgan fingerprint density at radius 1 is 1.04 bits per heavy atom. The molecule has 3 rings (SSSR count). The minimum absolute atomic E-state index is 0.138. The Kier molecular flexibility index (Phi) is 5.22. The van der Waals surface area contributed by atoms with Crippen molar-refractivity contribution in [2.45, 2.75) is 6.42 Å². The van der Waals surface area contributed by atoms with Gasteiger partial charge in [0.25, 0.3) is 11.5 Å². The number of para-hydroxylation sites is 1. The Hall–Kier alpha value is -3.28. The molecule has 0 unspecified atom stereocenters. The van der Waals surface area contributed by atoms with Gasteiger partial charge in [0.2, 0.25) is 0 Å². The fraction of sp³-hybridized carbons (Fsp3) is 0.200. The average molecular weight is 352 g/mol. The van der Waals surface area contributed by atoms with Crippen molar-refractivity contribution in [2.75, 3.05) is 20.8 Å². The van der Waals surface area contributed by atoms with Crippen LogP contribution in [-0.4, -0.2) is 31.7 Å². The van der Waals surface area contributed by atoms with Crippen molar-refractivity contribution in [1.29, 1.82) is 0 Å². The number of hydrogen-bond donors (Lipinski definition) is 2. The van der Waals surface area contributed by atoms with E-state index in [0.29, 0.717) is 35.6 Å². The van der Waals surface area contributed by atoms with E-state index in [1.165, 1.54) is 14.2 Å². The standard InChI is InChI=1S/C20H20N2O4/c1-25-16-10-15(11-17(12-16)26-2)19(23)21-8-7-14-9-13-5-3-4-6-18(13)22-20(14)24/h3-6,9-12H,7-8H2,1-2H3,(H,21,23)(H,22,24). The molecule has 0 saturated heterocycles. The summed E-state index contributed by atoms with van der Waals surface area (Å²) in [6.45, 7) is 0.347. The van der Waals surface area contributed by atoms with E-state index in [0.717, 1.165) is 10.9 Å². The van der Waals surface area contributed by atoms with Gasteiger partial charge in [-0.3, -0.25) is 9.59 Å². The van der Waals surface area contributed by atoms with Crippen molar-refractivity contribution in [2.24, 2.45) is 0 Å². The monoisotopic (exact) mass is 352 g/mol. The zero-order chi connectivity index (χ0) is 18.5. The summed E-state index contributed by atoms with van der Waals surface area (Å²) in [5.74, 6) is 0.834. The number of carbonyl (C=O) groups excluding carboxylic acids is 1. The van der Waals surface area contributed by atoms with Gasteiger partial charge in [-0.25, -0.2) is 0 Å². The number of benzene rings is 2. The van der Waals surface area contributed by atoms with Crippen LogP contribution in [0, 0.1) is 0 Å². The molecule has 0 atom stereocenters. The van der Waals surface area contributed by atoms with Crippen LogP contribution in [0.15, 0.2) is 53.3 Å². The van der Waals surface area contributed by atoms with Crippen molar-refractivity contribution in [1.82, 2.24) is 10.3 Å². The minimum atomic E-state index is -0.251. The molecule has 0 aliphatic rings. The van der Waals surface area contributed by atoms with Crippen LogP contribution in [0.2, 0.25) is 0 Å². The Bertz CT molecular complexity index is 972. The molecule has 0 saturated carbocycles. The molecule has 2 aromatic carbocycles. The maximum atomic E-state index is 12.4. The first kappa shape index (κ1) is 17.5. The number of aromatic amines is 1. The molecule has 2 N–H and O–H groups in total. The number of fused-ring (bicyclic) bond motifs is 1. The van der Waals surface area contributed by atoms with Gasteiger partial charge in [0.15, 0.2) is 0 Å². The second-order valence-corrected chi connectivity index (χ2v) is 5.82. The van der Waals surface area contributed by atoms with Gasteiger partial charge in [0.05, 0.1) is 14.2 Å². The second kappa shape index (κ2) is 7.74. The highest BCUT2D eigenvalue weighted by atomic mass is 16.5. The lowest BCUT2D eigenvalue weighted by Crippen LogP contribution is -2.27. The van der Waals surface area contributed by atoms with Gasteiger partial charge in [-0.15, -0.1) is 0 Å². The van der Waals surface area contributed by atoms with Gasteiger partial charge in [-0.2, -0.15) is 0 Å². The van der Waals surface area contributed by atoms with Crippen molar-refractivity contribution >= 4 is 16.8 Å². The number of H-pyrrole nitrogens is 1. The highest BCUT2D eigenvalue weighted by molar-refractivity contribution is 5.95. The molecule has 6 nitrogen and oxygen atoms in total. The molecule has 134 valence electrons. The number of rotatable bonds is 6. The molecule has 0 radical (unpaired) electrons. The summed E-state index contributed by atoms with van der Waals surface area (Å²) in [6.07, 6.45) is 0.438. The predicted octanol–water partition coefficient (Wildman–Crippen LogP) is 2.52. The van der Waals surface area contributed by atoms with E-state index in [4.69, 9.17) is 9.47 Å². The third-order valence-corrected chi connectivity index (χ3v) is 4.12. The lowest BCUT2D eigenvalue weighted by molar-refractivity contribution is 0.0953. The summed E-state index contributed by atoms with van der Waals surface area (Å²) >= 11 is 0. The van der Waals surface area contributed by atoms with Crippen LogP contribution >= 0.6 is 0 Å². The number of carbonyl (C=O) groups is 1. The quantitative estimate of drug-likeness (QED) is 0.714. The highest BCUT2D eigenvalue weighted by Crippen LogP contribution is 2.22. The summed E-state index contributed by atoms with van der Waals surface area (Å²) in [5.41, 5.74) is 1.73. The van der Waals surface area contributed by atoms with E-state index >= 15 is 0 Å². The van der Waals surface area contributed by atoms with Crippen LogP contribution in [0.5, 0.6) is 11.5 Å². The van der Waals surface area contributed by atoms with Gasteiger partial charge in [-0.05, 0) is 36.1 Å². The van der Waals surface area contributed by atoms with Gasteiger partial charge in [0, 0.05) is 29.3 Å². The number of nitrogens with one attached hydrogen (secondary N) is 2. The first-order valence-corrected chi connectivity index (χ1v) is 8.23. The Morgan fingerprint density at radius 2 is 1.73 bits per heavy atom. The number of hydrogen-bond acceptors (Lipinski definition) is 4. The fourth-order valence-corrected chi connectivity index (χ4v) is 2.73. The molecular formula is C20H20N2O4. The summed E-state index contributed by atoms with van der Waals surface area (Å²) in [6, 6.07) is 14.4. The van der Waals surface area contributed by atoms with Crippen LogP contribution < -0.4 is 20.3 Å². The first-order valence-electron chi connectivity index (χ1n) is 8.23. The van der Waals surface area contributed by atoms with Crippen molar-refractivity contribution in [3.63, 3.8) is 0 Å². The predicted molar refractivity (Wildman–Crippen MR) is 100 cm³/mol. The molecule has 0 bridgehead atoms. The molecule has 26 heavy (non-hydrogen) atoms. The average Bonchev–Trinajstić information content (AvgIpc) is 2.67. The normalized spacial score (nSPS) is 10.5. The first-order chi connectivity index (χ1) is 12.6. The summed E-state index contributed by atoms with van der Waals surface area (Å²) in [5, 5.41) is 3.79. The second-order valence-electron chi connectivity index (χ2n) is 5.82. The zero-order valence-electron chi connectivity index (χ0n) is 14.7. The van der Waals surface area contributed by atoms with Gasteiger partial charge >= 0.3 is 0 Å². The van der Waals surface area contributed by atoms with E-state index in [2.05, 4.69) is 10.3 Å². The van der Waals surface area contributed by atoms with Crippen molar-refractivity contribution in [3.8, 4) is 11.5 Å². The molecule has 1 heterocycles. The maximum Gasteiger partial charge on any atom is 0.251 e. The van der Waals surface area contributed by atoms with Crippen LogP contribution in [0.4, 0.5) is 0 Å². The molecule has 3 aromatic rings. The van der Waals surface area contributed by atoms with E-state index in [9.17, 15) is 9.59 Å². The van der Waals surface area contributed by atoms with E-state index in [1.807, 2.05) is 30.3 Å². The molecule has 1 amide bonds. The largest absolute Gasteiger partial charge is 0.497 e. The highest BCUT2D eigenvalue weighted by Gasteiger charge is 2.10. The molecule has 0 aliphatic heterocycles. The van der Waals surface area contributed by atoms with Crippen molar-refractivity contribution < 1.29 is 14.3 Å². The SMILES string of the molecule is COc1cc(OC)cc(C(=O)NCCc2cc3ccccc3[nH]c2=O)c1. The topological polar surface area (TPSA) is 80.4 Å². The number of amides is 1. The molecular weight excluding hydrogens is 332 g/mol. The molecule has 1 aromatic heterocycles. The Balaban J connectivity index is 1.69. The molecule has 0 fully saturated rings. The minimum Gasteiger partial charge on any atom is -0.497 e. The Morgan fingerprint density at radius 3 is 2.42 bits per heavy atom. The Labute approximate surface area is 150 Å². The van der Waals surface area contributed by atoms with Crippen LogP contribution in [0.25, 0.3) is 10.9 Å². The lowest BCUT2D eigenvalue weighted by Gasteiger charge is -2.09. The van der Waals surface area contributed by atoms with Crippen LogP contribution in [-0.2, 0) is 6.42 Å². The third kappa shape index (κ3) is 3.85. The van der Waals surface area contributed by atoms with E-state index in [1.54, 1.807) is 18.2 Å². The van der Waals surface area contributed by atoms with Gasteiger partial charge in [-0.1, -0.05) is 18.2 Å². The maximum absolute atomic E-state index is 12.4. The molecule has 0 aliphatic carbocycles. The number of ether oxygens (including phenoxy) is 2. The zero-order valence-corrected chi connectivity index (χ0v) is 14.7. The van der Waals surface area contributed by atoms with Crippen LogP contribution in [0.3, 0.4) is 0 Å². The van der Waals surface area contributed by atoms with E-state index in [-0.39, 0.29) is 11.5 Å². The third-order valence-electron chi connectivity index (χ3n) is 4.12. The molecule has 0 spiro atoms. The molecule has 6 heteroatoms. The van der Waals surface area contributed by atoms with Gasteiger partial charge in [0.1, 0.15) is 11.5 Å². The summed E-state index contributed by atoms with van der Waals surface area (Å²) in [7, 11) is 3.06. The fourth-order valence-electron chi connectivity index (χ4n) is 2.73. The van der Waals surface area contributed by atoms with E-state index < -0.39 is 0 Å². The van der Waals surface area contributed by atoms with Crippen molar-refractivity contribution in [3.05, 3.63) is 70.0 Å². The number of aromatic nitrogens is 1. The summed E-state index contributed by atoms with van der Waals surface area (Å²) in [4.78, 5) is 27.4. The summed E-state index contributed by atoms with van der Waals surface area (Å²) < 4.78 is 10.3. The number of pyridine rings is 1.